The van der Waals surface area contributed by atoms with E-state index >= 15 is 4.39 Å². The molecule has 1 aliphatic rings. The first kappa shape index (κ1) is 29.1. The number of ketones is 1. The summed E-state index contributed by atoms with van der Waals surface area (Å²) in [5.41, 5.74) is 1.05. The van der Waals surface area contributed by atoms with Gasteiger partial charge in [0.25, 0.3) is 0 Å². The third-order valence-electron chi connectivity index (χ3n) is 8.09. The molecule has 1 atom stereocenters. The first-order valence-electron chi connectivity index (χ1n) is 13.3. The average Bonchev–Trinajstić information content (AvgIpc) is 3.76. The Morgan fingerprint density at radius 2 is 1.59 bits per heavy atom. The number of sulfone groups is 2. The van der Waals surface area contributed by atoms with E-state index < -0.39 is 35.9 Å². The Hall–Kier alpha value is -3.43. The van der Waals surface area contributed by atoms with E-state index in [1.807, 2.05) is 24.3 Å². The summed E-state index contributed by atoms with van der Waals surface area (Å²) in [6.07, 6.45) is 4.99. The summed E-state index contributed by atoms with van der Waals surface area (Å²) in [6.45, 7) is 3.33. The molecule has 1 saturated carbocycles. The standard InChI is InChI=1S/C32H32FNO5S2/c1-31(2,41(4,38)39)26-18-24-9-6-16-34-29(24)28(19-26)23-8-5-7-21(17-23)20-32(33,30(35)22-10-11-22)25-12-14-27(15-13-25)40(3,36)37/h5-9,12-19,22H,10-11,20H2,1-4H3. The Morgan fingerprint density at radius 1 is 0.902 bits per heavy atom. The third-order valence-corrected chi connectivity index (χ3v) is 11.3. The van der Waals surface area contributed by atoms with Crippen molar-refractivity contribution in [3.63, 3.8) is 0 Å². The second-order valence-corrected chi connectivity index (χ2v) is 16.1. The van der Waals surface area contributed by atoms with Gasteiger partial charge in [-0.25, -0.2) is 21.2 Å². The van der Waals surface area contributed by atoms with Gasteiger partial charge >= 0.3 is 0 Å². The van der Waals surface area contributed by atoms with Crippen molar-refractivity contribution in [1.82, 2.24) is 4.98 Å². The fourth-order valence-corrected chi connectivity index (χ4v) is 6.25. The van der Waals surface area contributed by atoms with Crippen LogP contribution in [0.2, 0.25) is 0 Å². The number of hydrogen-bond acceptors (Lipinski definition) is 6. The summed E-state index contributed by atoms with van der Waals surface area (Å²) in [4.78, 5) is 17.9. The fourth-order valence-electron chi connectivity index (χ4n) is 5.07. The van der Waals surface area contributed by atoms with E-state index in [-0.39, 0.29) is 22.8 Å². The van der Waals surface area contributed by atoms with Crippen molar-refractivity contribution in [2.24, 2.45) is 5.92 Å². The lowest BCUT2D eigenvalue weighted by atomic mass is 9.83. The van der Waals surface area contributed by atoms with E-state index in [1.165, 1.54) is 30.5 Å². The normalized spacial score (nSPS) is 15.9. The zero-order valence-corrected chi connectivity index (χ0v) is 25.0. The highest BCUT2D eigenvalue weighted by atomic mass is 32.2. The van der Waals surface area contributed by atoms with Gasteiger partial charge < -0.3 is 0 Å². The minimum Gasteiger partial charge on any atom is -0.295 e. The smallest absolute Gasteiger partial charge is 0.197 e. The molecule has 1 aromatic heterocycles. The lowest BCUT2D eigenvalue weighted by molar-refractivity contribution is -0.132. The molecule has 0 radical (unpaired) electrons. The van der Waals surface area contributed by atoms with Crippen LogP contribution in [0.15, 0.2) is 83.9 Å². The van der Waals surface area contributed by atoms with Gasteiger partial charge in [0.2, 0.25) is 0 Å². The molecule has 3 aromatic carbocycles. The molecule has 5 rings (SSSR count). The quantitative estimate of drug-likeness (QED) is 0.237. The second-order valence-electron chi connectivity index (χ2n) is 11.5. The first-order chi connectivity index (χ1) is 19.1. The van der Waals surface area contributed by atoms with E-state index in [4.69, 9.17) is 0 Å². The Morgan fingerprint density at radius 3 is 2.20 bits per heavy atom. The van der Waals surface area contributed by atoms with Crippen LogP contribution in [-0.4, -0.2) is 40.1 Å². The number of halogens is 1. The third kappa shape index (κ3) is 5.57. The number of benzene rings is 3. The molecule has 1 aliphatic carbocycles. The van der Waals surface area contributed by atoms with Gasteiger partial charge in [0.1, 0.15) is 0 Å². The number of alkyl halides is 1. The predicted octanol–water partition coefficient (Wildman–Crippen LogP) is 5.97. The number of aromatic nitrogens is 1. The largest absolute Gasteiger partial charge is 0.295 e. The lowest BCUT2D eigenvalue weighted by Gasteiger charge is -2.26. The first-order valence-corrected chi connectivity index (χ1v) is 17.1. The van der Waals surface area contributed by atoms with Gasteiger partial charge in [0.05, 0.1) is 15.2 Å². The van der Waals surface area contributed by atoms with Gasteiger partial charge in [-0.15, -0.1) is 0 Å². The van der Waals surface area contributed by atoms with Crippen molar-refractivity contribution in [2.75, 3.05) is 12.5 Å². The number of rotatable bonds is 9. The SMILES string of the molecule is CC(C)(c1cc(-c2cccc(CC(F)(C(=O)C3CC3)c3ccc(S(C)(=O)=O)cc3)c2)c2ncccc2c1)S(C)(=O)=O. The highest BCUT2D eigenvalue weighted by molar-refractivity contribution is 7.91. The molecule has 0 saturated heterocycles. The molecular formula is C32H32FNO5S2. The van der Waals surface area contributed by atoms with Crippen LogP contribution < -0.4 is 0 Å². The molecule has 4 aromatic rings. The van der Waals surface area contributed by atoms with Crippen molar-refractivity contribution in [3.8, 4) is 11.1 Å². The minimum atomic E-state index is -3.48. The molecule has 41 heavy (non-hydrogen) atoms. The van der Waals surface area contributed by atoms with Crippen LogP contribution in [0.3, 0.4) is 0 Å². The van der Waals surface area contributed by atoms with Crippen molar-refractivity contribution in [3.05, 3.63) is 95.7 Å². The van der Waals surface area contributed by atoms with Crippen molar-refractivity contribution < 1.29 is 26.0 Å². The average molecular weight is 594 g/mol. The summed E-state index contributed by atoms with van der Waals surface area (Å²) in [6, 6.07) is 19.9. The van der Waals surface area contributed by atoms with Gasteiger partial charge in [0, 0.05) is 42.0 Å². The van der Waals surface area contributed by atoms with Gasteiger partial charge in [-0.1, -0.05) is 42.5 Å². The number of hydrogen-bond donors (Lipinski definition) is 0. The maximum Gasteiger partial charge on any atom is 0.197 e. The van der Waals surface area contributed by atoms with E-state index in [9.17, 15) is 21.6 Å². The Kier molecular flexibility index (Phi) is 7.19. The maximum absolute atomic E-state index is 16.9. The highest BCUT2D eigenvalue weighted by Gasteiger charge is 2.47. The monoisotopic (exact) mass is 593 g/mol. The summed E-state index contributed by atoms with van der Waals surface area (Å²) in [7, 11) is -6.93. The predicted molar refractivity (Wildman–Crippen MR) is 159 cm³/mol. The molecule has 1 fully saturated rings. The Balaban J connectivity index is 1.61. The maximum atomic E-state index is 16.9. The fraction of sp³-hybridized carbons (Fsp3) is 0.312. The molecule has 6 nitrogen and oxygen atoms in total. The molecule has 0 N–H and O–H groups in total. The van der Waals surface area contributed by atoms with Crippen LogP contribution >= 0.6 is 0 Å². The Labute approximate surface area is 240 Å². The number of carbonyl (C=O) groups is 1. The van der Waals surface area contributed by atoms with Gasteiger partial charge in [-0.3, -0.25) is 9.78 Å². The number of nitrogens with zero attached hydrogens (tertiary/aromatic N) is 1. The summed E-state index contributed by atoms with van der Waals surface area (Å²) in [5.74, 6) is -0.861. The van der Waals surface area contributed by atoms with Crippen LogP contribution in [0.1, 0.15) is 43.4 Å². The summed E-state index contributed by atoms with van der Waals surface area (Å²) >= 11 is 0. The number of pyridine rings is 1. The molecule has 9 heteroatoms. The molecule has 1 heterocycles. The summed E-state index contributed by atoms with van der Waals surface area (Å²) < 4.78 is 64.9. The molecule has 1 unspecified atom stereocenters. The molecule has 0 spiro atoms. The van der Waals surface area contributed by atoms with Crippen molar-refractivity contribution in [1.29, 1.82) is 0 Å². The molecule has 0 amide bonds. The molecular weight excluding hydrogens is 561 g/mol. The van der Waals surface area contributed by atoms with Gasteiger partial charge in [-0.2, -0.15) is 0 Å². The number of fused-ring (bicyclic) bond motifs is 1. The number of Topliss-reactive ketones (excluding diaryl/α,β-unsaturated/α-hetero) is 1. The molecule has 0 bridgehead atoms. The van der Waals surface area contributed by atoms with Gasteiger partial charge in [0.15, 0.2) is 31.1 Å². The van der Waals surface area contributed by atoms with Crippen molar-refractivity contribution >= 4 is 36.4 Å². The van der Waals surface area contributed by atoms with Crippen LogP contribution in [0.5, 0.6) is 0 Å². The van der Waals surface area contributed by atoms with E-state index in [0.29, 0.717) is 40.6 Å². The van der Waals surface area contributed by atoms with Crippen LogP contribution in [-0.2, 0) is 41.3 Å². The lowest BCUT2D eigenvalue weighted by Crippen LogP contribution is -2.35. The topological polar surface area (TPSA) is 98.2 Å². The number of carbonyl (C=O) groups excluding carboxylic acids is 1. The Bertz CT molecular complexity index is 1880. The van der Waals surface area contributed by atoms with E-state index in [1.54, 1.807) is 44.3 Å². The molecule has 214 valence electrons. The van der Waals surface area contributed by atoms with Crippen LogP contribution in [0.25, 0.3) is 22.0 Å². The highest BCUT2D eigenvalue weighted by Crippen LogP contribution is 2.43. The van der Waals surface area contributed by atoms with E-state index in [2.05, 4.69) is 4.98 Å². The van der Waals surface area contributed by atoms with Crippen LogP contribution in [0.4, 0.5) is 4.39 Å². The van der Waals surface area contributed by atoms with E-state index in [0.717, 1.165) is 11.6 Å². The zero-order chi connectivity index (χ0) is 29.8. The summed E-state index contributed by atoms with van der Waals surface area (Å²) in [5, 5.41) is 0.775. The zero-order valence-electron chi connectivity index (χ0n) is 23.4. The van der Waals surface area contributed by atoms with Crippen molar-refractivity contribution in [2.45, 2.75) is 48.4 Å². The second kappa shape index (κ2) is 10.1. The van der Waals surface area contributed by atoms with Gasteiger partial charge in [-0.05, 0) is 79.3 Å². The van der Waals surface area contributed by atoms with Crippen LogP contribution in [0, 0.1) is 5.92 Å². The minimum absolute atomic E-state index is 0.0562. The molecule has 0 aliphatic heterocycles.